The van der Waals surface area contributed by atoms with Crippen LogP contribution in [0.2, 0.25) is 0 Å². The zero-order chi connectivity index (χ0) is 20.8. The Balaban J connectivity index is 1.53. The number of thioether (sulfide) groups is 1. The van der Waals surface area contributed by atoms with E-state index in [2.05, 4.69) is 15.5 Å². The number of ether oxygens (including phenoxy) is 1. The molecule has 0 atom stereocenters. The highest BCUT2D eigenvalue weighted by Gasteiger charge is 2.13. The number of anilines is 1. The molecule has 0 saturated carbocycles. The summed E-state index contributed by atoms with van der Waals surface area (Å²) >= 11 is 1.32. The van der Waals surface area contributed by atoms with E-state index in [-0.39, 0.29) is 17.6 Å². The Labute approximate surface area is 173 Å². The van der Waals surface area contributed by atoms with E-state index in [1.165, 1.54) is 11.8 Å². The lowest BCUT2D eigenvalue weighted by Gasteiger charge is -2.07. The van der Waals surface area contributed by atoms with Crippen molar-refractivity contribution in [3.8, 4) is 0 Å². The number of rotatable bonds is 8. The summed E-state index contributed by atoms with van der Waals surface area (Å²) < 4.78 is 8.89. The van der Waals surface area contributed by atoms with E-state index >= 15 is 0 Å². The van der Waals surface area contributed by atoms with Crippen LogP contribution in [0, 0.1) is 0 Å². The van der Waals surface area contributed by atoms with Crippen LogP contribution in [0.5, 0.6) is 0 Å². The normalized spacial score (nSPS) is 10.7. The van der Waals surface area contributed by atoms with Crippen LogP contribution in [0.4, 0.5) is 5.69 Å². The van der Waals surface area contributed by atoms with Gasteiger partial charge in [-0.3, -0.25) is 4.79 Å². The van der Waals surface area contributed by atoms with Crippen LogP contribution >= 0.6 is 11.8 Å². The molecule has 2 heterocycles. The van der Waals surface area contributed by atoms with Gasteiger partial charge in [0.25, 0.3) is 0 Å². The minimum atomic E-state index is -0.380. The number of hydrogen-bond acceptors (Lipinski definition) is 6. The van der Waals surface area contributed by atoms with Crippen molar-refractivity contribution in [3.05, 3.63) is 59.7 Å². The van der Waals surface area contributed by atoms with Gasteiger partial charge < -0.3 is 19.2 Å². The lowest BCUT2D eigenvalue weighted by atomic mass is 10.2. The molecule has 1 aromatic carbocycles. The molecule has 0 spiro atoms. The minimum absolute atomic E-state index is 0.161. The molecule has 3 rings (SSSR count). The molecule has 0 aliphatic heterocycles. The topological polar surface area (TPSA) is 91.0 Å². The Morgan fingerprint density at radius 3 is 2.55 bits per heavy atom. The zero-order valence-electron chi connectivity index (χ0n) is 16.6. The molecule has 3 aromatic rings. The maximum absolute atomic E-state index is 12.2. The lowest BCUT2D eigenvalue weighted by Crippen LogP contribution is -2.14. The van der Waals surface area contributed by atoms with E-state index in [1.54, 1.807) is 31.2 Å². The number of nitrogens with one attached hydrogen (secondary N) is 1. The van der Waals surface area contributed by atoms with E-state index in [4.69, 9.17) is 4.74 Å². The smallest absolute Gasteiger partial charge is 0.338 e. The molecule has 1 amide bonds. The van der Waals surface area contributed by atoms with E-state index in [0.717, 1.165) is 11.5 Å². The molecule has 0 unspecified atom stereocenters. The van der Waals surface area contributed by atoms with Gasteiger partial charge in [0.2, 0.25) is 5.91 Å². The SMILES string of the molecule is CCOC(=O)c1ccc(NC(=O)CSc2nnc(Cc3cccn3C)n2C)cc1. The van der Waals surface area contributed by atoms with Crippen LogP contribution in [0.1, 0.15) is 28.8 Å². The van der Waals surface area contributed by atoms with Gasteiger partial charge in [0, 0.05) is 38.1 Å². The van der Waals surface area contributed by atoms with Gasteiger partial charge in [-0.05, 0) is 43.3 Å². The predicted octanol–water partition coefficient (Wildman–Crippen LogP) is 2.65. The van der Waals surface area contributed by atoms with E-state index in [0.29, 0.717) is 29.4 Å². The summed E-state index contributed by atoms with van der Waals surface area (Å²) in [5.41, 5.74) is 2.20. The fourth-order valence-corrected chi connectivity index (χ4v) is 3.43. The summed E-state index contributed by atoms with van der Waals surface area (Å²) in [6.45, 7) is 2.08. The molecule has 0 radical (unpaired) electrons. The van der Waals surface area contributed by atoms with Crippen molar-refractivity contribution in [2.75, 3.05) is 17.7 Å². The lowest BCUT2D eigenvalue weighted by molar-refractivity contribution is -0.113. The van der Waals surface area contributed by atoms with Crippen molar-refractivity contribution in [3.63, 3.8) is 0 Å². The molecular formula is C20H23N5O3S. The highest BCUT2D eigenvalue weighted by atomic mass is 32.2. The quantitative estimate of drug-likeness (QED) is 0.451. The van der Waals surface area contributed by atoms with Crippen molar-refractivity contribution in [1.29, 1.82) is 0 Å². The van der Waals surface area contributed by atoms with Crippen molar-refractivity contribution in [2.45, 2.75) is 18.5 Å². The number of nitrogens with zero attached hydrogens (tertiary/aromatic N) is 4. The zero-order valence-corrected chi connectivity index (χ0v) is 17.4. The van der Waals surface area contributed by atoms with Gasteiger partial charge in [-0.25, -0.2) is 4.79 Å². The predicted molar refractivity (Wildman–Crippen MR) is 111 cm³/mol. The molecule has 0 bridgehead atoms. The molecular weight excluding hydrogens is 390 g/mol. The third-order valence-electron chi connectivity index (χ3n) is 4.33. The molecule has 29 heavy (non-hydrogen) atoms. The second kappa shape index (κ2) is 9.42. The fraction of sp³-hybridized carbons (Fsp3) is 0.300. The Morgan fingerprint density at radius 1 is 1.14 bits per heavy atom. The molecule has 0 aliphatic rings. The van der Waals surface area contributed by atoms with Crippen molar-refractivity contribution >= 4 is 29.3 Å². The molecule has 0 aliphatic carbocycles. The fourth-order valence-electron chi connectivity index (χ4n) is 2.70. The highest BCUT2D eigenvalue weighted by Crippen LogP contribution is 2.18. The van der Waals surface area contributed by atoms with Crippen LogP contribution in [-0.4, -0.2) is 43.6 Å². The van der Waals surface area contributed by atoms with Gasteiger partial charge in [0.05, 0.1) is 17.9 Å². The summed E-state index contributed by atoms with van der Waals surface area (Å²) in [6, 6.07) is 10.6. The van der Waals surface area contributed by atoms with Gasteiger partial charge in [-0.15, -0.1) is 10.2 Å². The second-order valence-electron chi connectivity index (χ2n) is 6.38. The summed E-state index contributed by atoms with van der Waals surface area (Å²) in [5.74, 6) is 0.500. The number of hydrogen-bond donors (Lipinski definition) is 1. The van der Waals surface area contributed by atoms with E-state index < -0.39 is 0 Å². The van der Waals surface area contributed by atoms with Crippen molar-refractivity contribution in [1.82, 2.24) is 19.3 Å². The molecule has 0 fully saturated rings. The van der Waals surface area contributed by atoms with Crippen LogP contribution < -0.4 is 5.32 Å². The van der Waals surface area contributed by atoms with Crippen molar-refractivity contribution in [2.24, 2.45) is 14.1 Å². The first-order valence-electron chi connectivity index (χ1n) is 9.16. The first-order chi connectivity index (χ1) is 14.0. The van der Waals surface area contributed by atoms with Gasteiger partial charge in [0.1, 0.15) is 5.82 Å². The van der Waals surface area contributed by atoms with Gasteiger partial charge in [-0.2, -0.15) is 0 Å². The van der Waals surface area contributed by atoms with Crippen LogP contribution in [0.3, 0.4) is 0 Å². The number of aromatic nitrogens is 4. The Bertz CT molecular complexity index is 994. The first-order valence-corrected chi connectivity index (χ1v) is 10.1. The van der Waals surface area contributed by atoms with E-state index in [1.807, 2.05) is 41.6 Å². The summed E-state index contributed by atoms with van der Waals surface area (Å²) in [6.07, 6.45) is 2.66. The number of esters is 1. The molecule has 0 saturated heterocycles. The number of amides is 1. The van der Waals surface area contributed by atoms with E-state index in [9.17, 15) is 9.59 Å². The Kier molecular flexibility index (Phi) is 6.71. The average Bonchev–Trinajstić information content (AvgIpc) is 3.27. The maximum atomic E-state index is 12.2. The Hall–Kier alpha value is -3.07. The number of aryl methyl sites for hydroxylation is 1. The maximum Gasteiger partial charge on any atom is 0.338 e. The monoisotopic (exact) mass is 413 g/mol. The first kappa shape index (κ1) is 20.7. The van der Waals surface area contributed by atoms with Gasteiger partial charge in [0.15, 0.2) is 5.16 Å². The molecule has 152 valence electrons. The average molecular weight is 414 g/mol. The summed E-state index contributed by atoms with van der Waals surface area (Å²) in [7, 11) is 3.89. The van der Waals surface area contributed by atoms with Crippen LogP contribution in [0.25, 0.3) is 0 Å². The number of carbonyl (C=O) groups excluding carboxylic acids is 2. The molecule has 1 N–H and O–H groups in total. The molecule has 9 heteroatoms. The molecule has 2 aromatic heterocycles. The third kappa shape index (κ3) is 5.26. The minimum Gasteiger partial charge on any atom is -0.462 e. The summed E-state index contributed by atoms with van der Waals surface area (Å²) in [5, 5.41) is 11.9. The number of benzene rings is 1. The number of carbonyl (C=O) groups is 2. The van der Waals surface area contributed by atoms with Crippen molar-refractivity contribution < 1.29 is 14.3 Å². The van der Waals surface area contributed by atoms with Crippen LogP contribution in [0.15, 0.2) is 47.8 Å². The largest absolute Gasteiger partial charge is 0.462 e. The standard InChI is InChI=1S/C20H23N5O3S/c1-4-28-19(27)14-7-9-15(10-8-14)21-18(26)13-29-20-23-22-17(25(20)3)12-16-6-5-11-24(16)2/h5-11H,4,12-13H2,1-3H3,(H,21,26). The highest BCUT2D eigenvalue weighted by molar-refractivity contribution is 7.99. The Morgan fingerprint density at radius 2 is 1.90 bits per heavy atom. The van der Waals surface area contributed by atoms with Gasteiger partial charge >= 0.3 is 5.97 Å². The molecule has 8 nitrogen and oxygen atoms in total. The summed E-state index contributed by atoms with van der Waals surface area (Å²) in [4.78, 5) is 23.9. The van der Waals surface area contributed by atoms with Gasteiger partial charge in [-0.1, -0.05) is 11.8 Å². The van der Waals surface area contributed by atoms with Crippen LogP contribution in [-0.2, 0) is 30.0 Å². The third-order valence-corrected chi connectivity index (χ3v) is 5.35. The second-order valence-corrected chi connectivity index (χ2v) is 7.32.